The van der Waals surface area contributed by atoms with Crippen molar-refractivity contribution in [2.24, 2.45) is 0 Å². The van der Waals surface area contributed by atoms with Crippen molar-refractivity contribution in [2.75, 3.05) is 0 Å². The molecule has 0 saturated heterocycles. The predicted molar refractivity (Wildman–Crippen MR) is 145 cm³/mol. The SMILES string of the molecule is Cc1nc(C)c2ccc3nc(-c4nc5ccc6c(C)nc(C)c7ccc(n4)c5c67)nc4ccc1c2c43. The number of aromatic nitrogens is 6. The lowest BCUT2D eigenvalue weighted by Crippen LogP contribution is -2.01. The molecule has 0 aliphatic carbocycles. The fraction of sp³-hybridized carbons (Fsp3) is 0.133. The second-order valence-corrected chi connectivity index (χ2v) is 9.69. The molecule has 4 aromatic carbocycles. The van der Waals surface area contributed by atoms with Gasteiger partial charge in [-0.3, -0.25) is 9.97 Å². The molecule has 0 N–H and O–H groups in total. The van der Waals surface area contributed by atoms with Crippen LogP contribution in [0.4, 0.5) is 0 Å². The highest BCUT2D eigenvalue weighted by Gasteiger charge is 2.19. The van der Waals surface area contributed by atoms with E-state index >= 15 is 0 Å². The standard InChI is InChI=1S/C30H20N6/c1-13-17-5-9-21-27-22(10-6-18(25(17)27)14(2)31-13)34-29(33-21)30-35-23-11-7-19-15(3)32-16(4)20-8-12-24(36-30)28(23)26(19)20/h5-12H,1-4H3. The number of nitrogens with zero attached hydrogens (tertiary/aromatic N) is 6. The first-order valence-electron chi connectivity index (χ1n) is 12.1. The smallest absolute Gasteiger partial charge is 0.198 e. The lowest BCUT2D eigenvalue weighted by Gasteiger charge is -2.15. The number of hydrogen-bond donors (Lipinski definition) is 0. The van der Waals surface area contributed by atoms with E-state index in [0.29, 0.717) is 11.6 Å². The number of benzene rings is 4. The van der Waals surface area contributed by atoms with E-state index in [1.807, 2.05) is 0 Å². The van der Waals surface area contributed by atoms with Gasteiger partial charge in [0, 0.05) is 65.9 Å². The molecule has 36 heavy (non-hydrogen) atoms. The fourth-order valence-corrected chi connectivity index (χ4v) is 5.95. The van der Waals surface area contributed by atoms with Crippen molar-refractivity contribution in [3.8, 4) is 11.6 Å². The Morgan fingerprint density at radius 3 is 0.889 bits per heavy atom. The van der Waals surface area contributed by atoms with Crippen molar-refractivity contribution in [2.45, 2.75) is 27.7 Å². The molecule has 8 aromatic rings. The van der Waals surface area contributed by atoms with Crippen LogP contribution >= 0.6 is 0 Å². The minimum atomic E-state index is 0.534. The molecule has 0 saturated carbocycles. The first-order chi connectivity index (χ1) is 17.5. The lowest BCUT2D eigenvalue weighted by atomic mass is 9.97. The van der Waals surface area contributed by atoms with E-state index in [-0.39, 0.29) is 0 Å². The Morgan fingerprint density at radius 1 is 0.333 bits per heavy atom. The summed E-state index contributed by atoms with van der Waals surface area (Å²) >= 11 is 0. The third-order valence-electron chi connectivity index (χ3n) is 7.57. The van der Waals surface area contributed by atoms with Gasteiger partial charge in [0.05, 0.1) is 22.1 Å². The van der Waals surface area contributed by atoms with Gasteiger partial charge in [-0.1, -0.05) is 24.3 Å². The van der Waals surface area contributed by atoms with Crippen LogP contribution in [0, 0.1) is 27.7 Å². The molecule has 0 spiro atoms. The quantitative estimate of drug-likeness (QED) is 0.250. The van der Waals surface area contributed by atoms with Crippen molar-refractivity contribution in [1.82, 2.24) is 29.9 Å². The molecule has 4 aromatic heterocycles. The minimum Gasteiger partial charge on any atom is -0.257 e. The second-order valence-electron chi connectivity index (χ2n) is 9.69. The second kappa shape index (κ2) is 6.55. The summed E-state index contributed by atoms with van der Waals surface area (Å²) < 4.78 is 0. The highest BCUT2D eigenvalue weighted by Crippen LogP contribution is 2.38. The predicted octanol–water partition coefficient (Wildman–Crippen LogP) is 6.75. The van der Waals surface area contributed by atoms with Crippen LogP contribution in [0.15, 0.2) is 48.5 Å². The molecular formula is C30H20N6. The summed E-state index contributed by atoms with van der Waals surface area (Å²) in [5.74, 6) is 1.07. The fourth-order valence-electron chi connectivity index (χ4n) is 5.95. The molecule has 6 heteroatoms. The third kappa shape index (κ3) is 2.40. The maximum absolute atomic E-state index is 4.95. The Morgan fingerprint density at radius 2 is 0.611 bits per heavy atom. The summed E-state index contributed by atoms with van der Waals surface area (Å²) in [6.07, 6.45) is 0. The van der Waals surface area contributed by atoms with Crippen LogP contribution in [0.3, 0.4) is 0 Å². The minimum absolute atomic E-state index is 0.534. The molecule has 0 amide bonds. The van der Waals surface area contributed by atoms with Crippen molar-refractivity contribution < 1.29 is 0 Å². The maximum atomic E-state index is 4.95. The summed E-state index contributed by atoms with van der Waals surface area (Å²) in [4.78, 5) is 29.3. The third-order valence-corrected chi connectivity index (χ3v) is 7.57. The van der Waals surface area contributed by atoms with E-state index in [9.17, 15) is 0 Å². The van der Waals surface area contributed by atoms with Crippen molar-refractivity contribution in [3.05, 3.63) is 71.3 Å². The van der Waals surface area contributed by atoms with Gasteiger partial charge in [0.15, 0.2) is 11.6 Å². The first-order valence-corrected chi connectivity index (χ1v) is 12.1. The molecule has 0 atom stereocenters. The Kier molecular flexibility index (Phi) is 3.58. The van der Waals surface area contributed by atoms with Crippen LogP contribution in [0.2, 0.25) is 0 Å². The average molecular weight is 465 g/mol. The molecule has 0 fully saturated rings. The molecule has 0 aliphatic heterocycles. The summed E-state index contributed by atoms with van der Waals surface area (Å²) in [7, 11) is 0. The summed E-state index contributed by atoms with van der Waals surface area (Å²) in [5.41, 5.74) is 7.66. The van der Waals surface area contributed by atoms with E-state index in [4.69, 9.17) is 29.9 Å². The van der Waals surface area contributed by atoms with E-state index < -0.39 is 0 Å². The molecule has 170 valence electrons. The van der Waals surface area contributed by atoms with Gasteiger partial charge in [0.25, 0.3) is 0 Å². The highest BCUT2D eigenvalue weighted by atomic mass is 15.0. The van der Waals surface area contributed by atoms with Gasteiger partial charge in [0.1, 0.15) is 0 Å². The molecule has 0 radical (unpaired) electrons. The molecule has 0 unspecified atom stereocenters. The zero-order chi connectivity index (χ0) is 24.3. The molecule has 0 aliphatic rings. The largest absolute Gasteiger partial charge is 0.257 e. The topological polar surface area (TPSA) is 77.3 Å². The molecular weight excluding hydrogens is 444 g/mol. The van der Waals surface area contributed by atoms with Gasteiger partial charge in [-0.15, -0.1) is 0 Å². The van der Waals surface area contributed by atoms with Crippen LogP contribution in [-0.2, 0) is 0 Å². The summed E-state index contributed by atoms with van der Waals surface area (Å²) in [6.45, 7) is 8.23. The number of hydrogen-bond acceptors (Lipinski definition) is 6. The highest BCUT2D eigenvalue weighted by molar-refractivity contribution is 6.23. The van der Waals surface area contributed by atoms with Gasteiger partial charge in [-0.2, -0.15) is 0 Å². The molecule has 8 rings (SSSR count). The van der Waals surface area contributed by atoms with E-state index in [1.54, 1.807) is 0 Å². The van der Waals surface area contributed by atoms with Gasteiger partial charge >= 0.3 is 0 Å². The Balaban J connectivity index is 1.44. The first kappa shape index (κ1) is 19.7. The Hall–Kier alpha value is -4.58. The van der Waals surface area contributed by atoms with Crippen LogP contribution in [0.25, 0.3) is 76.8 Å². The van der Waals surface area contributed by atoms with E-state index in [2.05, 4.69) is 76.2 Å². The van der Waals surface area contributed by atoms with Crippen LogP contribution in [0.1, 0.15) is 22.8 Å². The van der Waals surface area contributed by atoms with Gasteiger partial charge in [-0.25, -0.2) is 19.9 Å². The van der Waals surface area contributed by atoms with Crippen molar-refractivity contribution in [1.29, 1.82) is 0 Å². The number of rotatable bonds is 1. The van der Waals surface area contributed by atoms with Crippen molar-refractivity contribution in [3.63, 3.8) is 0 Å². The summed E-state index contributed by atoms with van der Waals surface area (Å²) in [6, 6.07) is 16.7. The van der Waals surface area contributed by atoms with Crippen LogP contribution in [-0.4, -0.2) is 29.9 Å². The zero-order valence-corrected chi connectivity index (χ0v) is 20.3. The van der Waals surface area contributed by atoms with Gasteiger partial charge in [-0.05, 0) is 52.0 Å². The normalized spacial score (nSPS) is 12.4. The van der Waals surface area contributed by atoms with Gasteiger partial charge in [0.2, 0.25) is 0 Å². The van der Waals surface area contributed by atoms with Crippen molar-refractivity contribution >= 4 is 65.2 Å². The molecule has 0 bridgehead atoms. The average Bonchev–Trinajstić information content (AvgIpc) is 2.88. The van der Waals surface area contributed by atoms with Crippen LogP contribution in [0.5, 0.6) is 0 Å². The monoisotopic (exact) mass is 464 g/mol. The zero-order valence-electron chi connectivity index (χ0n) is 20.3. The summed E-state index contributed by atoms with van der Waals surface area (Å²) in [5, 5.41) is 9.06. The van der Waals surface area contributed by atoms with E-state index in [0.717, 1.165) is 77.2 Å². The van der Waals surface area contributed by atoms with E-state index in [1.165, 1.54) is 10.8 Å². The van der Waals surface area contributed by atoms with Crippen LogP contribution < -0.4 is 0 Å². The Labute approximate surface area is 205 Å². The maximum Gasteiger partial charge on any atom is 0.198 e. The number of aryl methyl sites for hydroxylation is 4. The van der Waals surface area contributed by atoms with Gasteiger partial charge < -0.3 is 0 Å². The molecule has 4 heterocycles. The Bertz CT molecular complexity index is 1900. The lowest BCUT2D eigenvalue weighted by molar-refractivity contribution is 1.15. The molecule has 6 nitrogen and oxygen atoms in total. The number of pyridine rings is 2.